The number of amidine groups is 1. The van der Waals surface area contributed by atoms with Gasteiger partial charge in [0.05, 0.1) is 12.6 Å². The van der Waals surface area contributed by atoms with E-state index in [-0.39, 0.29) is 17.7 Å². The van der Waals surface area contributed by atoms with E-state index in [0.717, 1.165) is 16.7 Å². The van der Waals surface area contributed by atoms with Crippen LogP contribution in [-0.2, 0) is 16.1 Å². The van der Waals surface area contributed by atoms with Crippen LogP contribution in [0.3, 0.4) is 0 Å². The van der Waals surface area contributed by atoms with Crippen molar-refractivity contribution in [2.75, 3.05) is 13.1 Å². The first-order chi connectivity index (χ1) is 19.3. The molecule has 3 rings (SSSR count). The van der Waals surface area contributed by atoms with Crippen LogP contribution in [-0.4, -0.2) is 58.3 Å². The number of aryl methyl sites for hydroxylation is 1. The number of alkyl carbamates (subject to hydrolysis) is 1. The van der Waals surface area contributed by atoms with Gasteiger partial charge in [-0.2, -0.15) is 0 Å². The lowest BCUT2D eigenvalue weighted by Crippen LogP contribution is -2.53. The molecule has 8 nitrogen and oxygen atoms in total. The highest BCUT2D eigenvalue weighted by Gasteiger charge is 2.41. The summed E-state index contributed by atoms with van der Waals surface area (Å²) in [5, 5.41) is 2.79. The van der Waals surface area contributed by atoms with E-state index in [9.17, 15) is 14.4 Å². The van der Waals surface area contributed by atoms with Crippen molar-refractivity contribution in [3.05, 3.63) is 82.6 Å². The highest BCUT2D eigenvalue weighted by atomic mass is 16.6. The van der Waals surface area contributed by atoms with Gasteiger partial charge in [-0.3, -0.25) is 14.5 Å². The summed E-state index contributed by atoms with van der Waals surface area (Å²) in [6, 6.07) is 16.8. The molecule has 0 aliphatic carbocycles. The molecule has 0 saturated carbocycles. The molecule has 1 heterocycles. The molecule has 0 radical (unpaired) electrons. The van der Waals surface area contributed by atoms with Gasteiger partial charge in [0.15, 0.2) is 0 Å². The zero-order valence-corrected chi connectivity index (χ0v) is 25.7. The highest BCUT2D eigenvalue weighted by Crippen LogP contribution is 2.28. The predicted molar refractivity (Wildman–Crippen MR) is 162 cm³/mol. The second-order valence-corrected chi connectivity index (χ2v) is 12.0. The number of ether oxygens (including phenoxy) is 1. The Morgan fingerprint density at radius 1 is 1.02 bits per heavy atom. The average molecular weight is 561 g/mol. The number of carbonyl (C=O) groups is 3. The lowest BCUT2D eigenvalue weighted by atomic mass is 9.98. The molecule has 2 aromatic rings. The average Bonchev–Trinajstić information content (AvgIpc) is 3.20. The maximum Gasteiger partial charge on any atom is 0.407 e. The molecule has 1 aliphatic heterocycles. The maximum atomic E-state index is 14.1. The molecule has 1 unspecified atom stereocenters. The number of rotatable bonds is 10. The van der Waals surface area contributed by atoms with Crippen molar-refractivity contribution in [1.29, 1.82) is 0 Å². The molecule has 0 saturated heterocycles. The molecule has 0 spiro atoms. The van der Waals surface area contributed by atoms with Gasteiger partial charge in [0, 0.05) is 18.7 Å². The number of allylic oxidation sites excluding steroid dienone is 1. The fourth-order valence-corrected chi connectivity index (χ4v) is 4.71. The molecule has 1 atom stereocenters. The number of nitrogens with zero attached hydrogens (tertiary/aromatic N) is 3. The quantitative estimate of drug-likeness (QED) is 0.280. The summed E-state index contributed by atoms with van der Waals surface area (Å²) in [5.74, 6) is 0.195. The third-order valence-corrected chi connectivity index (χ3v) is 6.64. The number of benzene rings is 2. The number of amides is 3. The zero-order chi connectivity index (χ0) is 30.3. The minimum atomic E-state index is -0.599. The van der Waals surface area contributed by atoms with E-state index in [1.807, 2.05) is 110 Å². The van der Waals surface area contributed by atoms with Crippen LogP contribution in [0.4, 0.5) is 4.79 Å². The zero-order valence-electron chi connectivity index (χ0n) is 25.7. The summed E-state index contributed by atoms with van der Waals surface area (Å²) in [7, 11) is 0. The number of hydrogen-bond acceptors (Lipinski definition) is 5. The molecule has 220 valence electrons. The monoisotopic (exact) mass is 560 g/mol. The maximum absolute atomic E-state index is 14.1. The lowest BCUT2D eigenvalue weighted by molar-refractivity contribution is -0.123. The van der Waals surface area contributed by atoms with Crippen molar-refractivity contribution < 1.29 is 19.1 Å². The molecular weight excluding hydrogens is 516 g/mol. The fraction of sp³-hybridized carbons (Fsp3) is 0.455. The van der Waals surface area contributed by atoms with Crippen molar-refractivity contribution in [3.8, 4) is 0 Å². The van der Waals surface area contributed by atoms with Crippen LogP contribution in [0.25, 0.3) is 0 Å². The number of aliphatic imine (C=N–C) groups is 1. The molecule has 8 heteroatoms. The second kappa shape index (κ2) is 13.6. The van der Waals surface area contributed by atoms with Gasteiger partial charge >= 0.3 is 6.09 Å². The Morgan fingerprint density at radius 3 is 2.22 bits per heavy atom. The Labute approximate surface area is 244 Å². The van der Waals surface area contributed by atoms with Gasteiger partial charge in [0.25, 0.3) is 11.8 Å². The topological polar surface area (TPSA) is 91.3 Å². The third kappa shape index (κ3) is 8.52. The predicted octanol–water partition coefficient (Wildman–Crippen LogP) is 6.11. The Morgan fingerprint density at radius 2 is 1.66 bits per heavy atom. The van der Waals surface area contributed by atoms with Crippen molar-refractivity contribution in [1.82, 2.24) is 15.1 Å². The summed E-state index contributed by atoms with van der Waals surface area (Å²) >= 11 is 0. The van der Waals surface area contributed by atoms with Crippen LogP contribution in [0, 0.1) is 12.8 Å². The number of hydrogen-bond donors (Lipinski definition) is 1. The summed E-state index contributed by atoms with van der Waals surface area (Å²) in [6.45, 7) is 16.3. The lowest BCUT2D eigenvalue weighted by Gasteiger charge is -2.37. The molecular formula is C33H44N4O4. The van der Waals surface area contributed by atoms with Gasteiger partial charge in [0.1, 0.15) is 17.1 Å². The van der Waals surface area contributed by atoms with Gasteiger partial charge in [-0.1, -0.05) is 61.9 Å². The molecule has 0 aromatic heterocycles. The minimum Gasteiger partial charge on any atom is -0.444 e. The van der Waals surface area contributed by atoms with Gasteiger partial charge in [-0.15, -0.1) is 0 Å². The normalized spacial score (nSPS) is 14.2. The number of nitrogens with one attached hydrogen (secondary N) is 1. The summed E-state index contributed by atoms with van der Waals surface area (Å²) in [5.41, 5.74) is 3.23. The smallest absolute Gasteiger partial charge is 0.407 e. The van der Waals surface area contributed by atoms with E-state index >= 15 is 0 Å². The Bertz CT molecular complexity index is 1290. The molecule has 1 N–H and O–H groups in total. The standard InChI is InChI=1S/C33H44N4O4/c1-22(2)27-31(39)37(21-25-13-10-9-11-14-25)29(35-27)28(23(3)4)36(30(38)26-17-15-24(5)16-18-26)20-12-19-34-32(40)41-33(6,7)8/h9-11,13-18,23,28H,12,19-21H2,1-8H3,(H,34,40). The van der Waals surface area contributed by atoms with Crippen molar-refractivity contribution in [3.63, 3.8) is 0 Å². The first kappa shape index (κ1) is 31.6. The van der Waals surface area contributed by atoms with E-state index < -0.39 is 17.7 Å². The van der Waals surface area contributed by atoms with Crippen molar-refractivity contribution >= 4 is 23.7 Å². The largest absolute Gasteiger partial charge is 0.444 e. The van der Waals surface area contributed by atoms with Crippen LogP contribution in [0.15, 0.2) is 70.9 Å². The Hall–Kier alpha value is -3.94. The molecule has 0 bridgehead atoms. The molecule has 3 amide bonds. The number of carbonyl (C=O) groups excluding carboxylic acids is 3. The first-order valence-electron chi connectivity index (χ1n) is 14.2. The SMILES string of the molecule is CC(C)=C1N=C(C(C(C)C)N(CCCNC(=O)OC(C)(C)C)C(=O)c2ccc(C)cc2)N(Cc2ccccc2)C1=O. The summed E-state index contributed by atoms with van der Waals surface area (Å²) in [4.78, 5) is 48.3. The van der Waals surface area contributed by atoms with E-state index in [1.54, 1.807) is 9.80 Å². The van der Waals surface area contributed by atoms with Gasteiger partial charge < -0.3 is 15.0 Å². The van der Waals surface area contributed by atoms with E-state index in [1.165, 1.54) is 0 Å². The van der Waals surface area contributed by atoms with Gasteiger partial charge in [0.2, 0.25) is 0 Å². The summed E-state index contributed by atoms with van der Waals surface area (Å²) < 4.78 is 5.36. The van der Waals surface area contributed by atoms with E-state index in [4.69, 9.17) is 9.73 Å². The molecule has 0 fully saturated rings. The third-order valence-electron chi connectivity index (χ3n) is 6.64. The van der Waals surface area contributed by atoms with Gasteiger partial charge in [-0.05, 0) is 77.2 Å². The molecule has 1 aliphatic rings. The van der Waals surface area contributed by atoms with E-state index in [0.29, 0.717) is 43.2 Å². The van der Waals surface area contributed by atoms with Crippen molar-refractivity contribution in [2.24, 2.45) is 10.9 Å². The van der Waals surface area contributed by atoms with Crippen LogP contribution < -0.4 is 5.32 Å². The van der Waals surface area contributed by atoms with Crippen LogP contribution in [0.1, 0.15) is 76.4 Å². The van der Waals surface area contributed by atoms with E-state index in [2.05, 4.69) is 5.32 Å². The van der Waals surface area contributed by atoms with Gasteiger partial charge in [-0.25, -0.2) is 9.79 Å². The van der Waals surface area contributed by atoms with Crippen LogP contribution in [0.5, 0.6) is 0 Å². The Kier molecular flexibility index (Phi) is 10.5. The van der Waals surface area contributed by atoms with Crippen LogP contribution >= 0.6 is 0 Å². The second-order valence-electron chi connectivity index (χ2n) is 12.0. The van der Waals surface area contributed by atoms with Crippen LogP contribution in [0.2, 0.25) is 0 Å². The summed E-state index contributed by atoms with van der Waals surface area (Å²) in [6.07, 6.45) is -0.00234. The van der Waals surface area contributed by atoms with Crippen molar-refractivity contribution in [2.45, 2.75) is 80.0 Å². The molecule has 41 heavy (non-hydrogen) atoms. The fourth-order valence-electron chi connectivity index (χ4n) is 4.71. The highest BCUT2D eigenvalue weighted by molar-refractivity contribution is 6.15. The molecule has 2 aromatic carbocycles. The minimum absolute atomic E-state index is 0.0513. The first-order valence-corrected chi connectivity index (χ1v) is 14.2. The Balaban J connectivity index is 1.97.